The van der Waals surface area contributed by atoms with E-state index in [0.29, 0.717) is 16.7 Å². The second-order valence-corrected chi connectivity index (χ2v) is 6.09. The number of amides is 2. The fourth-order valence-electron chi connectivity index (χ4n) is 2.38. The Kier molecular flexibility index (Phi) is 4.84. The van der Waals surface area contributed by atoms with E-state index in [4.69, 9.17) is 5.11 Å². The summed E-state index contributed by atoms with van der Waals surface area (Å²) in [4.78, 5) is 27.3. The highest BCUT2D eigenvalue weighted by molar-refractivity contribution is 9.10. The molecule has 6 nitrogen and oxygen atoms in total. The third-order valence-corrected chi connectivity index (χ3v) is 4.24. The number of carboxylic acid groups (broad SMARTS) is 1. The van der Waals surface area contributed by atoms with E-state index in [2.05, 4.69) is 26.1 Å². The van der Waals surface area contributed by atoms with Gasteiger partial charge in [0.05, 0.1) is 11.3 Å². The van der Waals surface area contributed by atoms with Gasteiger partial charge in [0.25, 0.3) is 0 Å². The van der Waals surface area contributed by atoms with E-state index in [1.54, 1.807) is 11.0 Å². The zero-order chi connectivity index (χ0) is 15.6. The van der Waals surface area contributed by atoms with Crippen LogP contribution in [0.3, 0.4) is 0 Å². The minimum Gasteiger partial charge on any atom is -0.478 e. The summed E-state index contributed by atoms with van der Waals surface area (Å²) in [6, 6.07) is 4.46. The topological polar surface area (TPSA) is 72.9 Å². The molecule has 0 saturated carbocycles. The summed E-state index contributed by atoms with van der Waals surface area (Å²) in [7, 11) is 2.03. The average Bonchev–Trinajstić information content (AvgIpc) is 2.40. The van der Waals surface area contributed by atoms with Gasteiger partial charge in [0.15, 0.2) is 0 Å². The fourth-order valence-corrected chi connectivity index (χ4v) is 2.73. The van der Waals surface area contributed by atoms with Crippen molar-refractivity contribution in [3.8, 4) is 0 Å². The Bertz CT molecular complexity index is 564. The fraction of sp³-hybridized carbons (Fsp3) is 0.429. The molecule has 7 heteroatoms. The molecule has 0 aliphatic carbocycles. The molecule has 2 amide bonds. The van der Waals surface area contributed by atoms with Crippen molar-refractivity contribution in [1.82, 2.24) is 9.80 Å². The van der Waals surface area contributed by atoms with Crippen molar-refractivity contribution < 1.29 is 14.7 Å². The number of nitrogens with zero attached hydrogens (tertiary/aromatic N) is 2. The van der Waals surface area contributed by atoms with Crippen LogP contribution in [0.5, 0.6) is 0 Å². The molecule has 1 aromatic rings. The van der Waals surface area contributed by atoms with Crippen molar-refractivity contribution in [2.75, 3.05) is 32.0 Å². The van der Waals surface area contributed by atoms with Crippen LogP contribution in [-0.2, 0) is 0 Å². The average molecular weight is 356 g/mol. The molecule has 2 rings (SSSR count). The molecule has 114 valence electrons. The molecule has 1 fully saturated rings. The summed E-state index contributed by atoms with van der Waals surface area (Å²) in [6.07, 6.45) is 0. The second kappa shape index (κ2) is 6.44. The quantitative estimate of drug-likeness (QED) is 0.853. The minimum atomic E-state index is -1.02. The number of rotatable bonds is 2. The lowest BCUT2D eigenvalue weighted by atomic mass is 10.2. The third-order valence-electron chi connectivity index (χ3n) is 3.55. The van der Waals surface area contributed by atoms with Crippen LogP contribution in [0, 0.1) is 0 Å². The number of anilines is 1. The van der Waals surface area contributed by atoms with E-state index in [1.807, 2.05) is 14.0 Å². The first-order chi connectivity index (χ1) is 9.88. The van der Waals surface area contributed by atoms with Gasteiger partial charge in [-0.15, -0.1) is 0 Å². The summed E-state index contributed by atoms with van der Waals surface area (Å²) < 4.78 is 0.655. The highest BCUT2D eigenvalue weighted by atomic mass is 79.9. The van der Waals surface area contributed by atoms with Crippen molar-refractivity contribution in [2.45, 2.75) is 13.0 Å². The van der Waals surface area contributed by atoms with Crippen molar-refractivity contribution in [3.05, 3.63) is 28.2 Å². The molecule has 1 saturated heterocycles. The molecule has 0 radical (unpaired) electrons. The van der Waals surface area contributed by atoms with Crippen LogP contribution < -0.4 is 5.32 Å². The Hall–Kier alpha value is -1.60. The molecule has 0 aromatic heterocycles. The summed E-state index contributed by atoms with van der Waals surface area (Å²) in [5, 5.41) is 11.8. The monoisotopic (exact) mass is 355 g/mol. The molecule has 1 aliphatic rings. The van der Waals surface area contributed by atoms with Gasteiger partial charge in [-0.3, -0.25) is 0 Å². The van der Waals surface area contributed by atoms with E-state index in [-0.39, 0.29) is 17.6 Å². The third kappa shape index (κ3) is 3.74. The second-order valence-electron chi connectivity index (χ2n) is 5.23. The van der Waals surface area contributed by atoms with Gasteiger partial charge in [-0.25, -0.2) is 9.59 Å². The van der Waals surface area contributed by atoms with Crippen LogP contribution >= 0.6 is 15.9 Å². The summed E-state index contributed by atoms with van der Waals surface area (Å²) in [6.45, 7) is 4.30. The number of carboxylic acids is 1. The number of nitrogens with one attached hydrogen (secondary N) is 1. The van der Waals surface area contributed by atoms with Gasteiger partial charge in [-0.1, -0.05) is 0 Å². The molecule has 0 spiro atoms. The minimum absolute atomic E-state index is 0.116. The Morgan fingerprint density at radius 1 is 1.38 bits per heavy atom. The maximum Gasteiger partial charge on any atom is 0.335 e. The predicted molar refractivity (Wildman–Crippen MR) is 83.8 cm³/mol. The molecular formula is C14H18BrN3O3. The molecule has 2 N–H and O–H groups in total. The number of aromatic carboxylic acids is 1. The molecule has 21 heavy (non-hydrogen) atoms. The van der Waals surface area contributed by atoms with Gasteiger partial charge in [0.1, 0.15) is 0 Å². The van der Waals surface area contributed by atoms with Gasteiger partial charge in [0, 0.05) is 30.1 Å². The largest absolute Gasteiger partial charge is 0.478 e. The highest BCUT2D eigenvalue weighted by Crippen LogP contribution is 2.24. The molecule has 1 heterocycles. The molecule has 1 atom stereocenters. The van der Waals surface area contributed by atoms with Crippen LogP contribution in [-0.4, -0.2) is 59.6 Å². The number of carbonyl (C=O) groups is 2. The first kappa shape index (κ1) is 15.8. The highest BCUT2D eigenvalue weighted by Gasteiger charge is 2.26. The van der Waals surface area contributed by atoms with Crippen LogP contribution in [0.2, 0.25) is 0 Å². The van der Waals surface area contributed by atoms with Gasteiger partial charge in [0.2, 0.25) is 0 Å². The number of hydrogen-bond acceptors (Lipinski definition) is 3. The van der Waals surface area contributed by atoms with Crippen molar-refractivity contribution >= 4 is 33.6 Å². The Balaban J connectivity index is 2.12. The SMILES string of the molecule is CC1CN(C)CCN1C(=O)Nc1cc(C(=O)O)ccc1Br. The Morgan fingerprint density at radius 3 is 2.71 bits per heavy atom. The van der Waals surface area contributed by atoms with Crippen molar-refractivity contribution in [1.29, 1.82) is 0 Å². The number of piperazine rings is 1. The summed E-state index contributed by atoms with van der Waals surface area (Å²) in [5.74, 6) is -1.02. The van der Waals surface area contributed by atoms with Gasteiger partial charge in [-0.05, 0) is 48.1 Å². The zero-order valence-corrected chi connectivity index (χ0v) is 13.6. The normalized spacial score (nSPS) is 19.4. The van der Waals surface area contributed by atoms with E-state index in [9.17, 15) is 9.59 Å². The molecule has 1 aliphatic heterocycles. The number of carbonyl (C=O) groups excluding carboxylic acids is 1. The maximum absolute atomic E-state index is 12.3. The number of likely N-dealkylation sites (N-methyl/N-ethyl adjacent to an activating group) is 1. The van der Waals surface area contributed by atoms with E-state index in [0.717, 1.165) is 13.1 Å². The number of halogens is 1. The van der Waals surface area contributed by atoms with Crippen molar-refractivity contribution in [3.63, 3.8) is 0 Å². The molecule has 1 aromatic carbocycles. The van der Waals surface area contributed by atoms with E-state index < -0.39 is 5.97 Å². The maximum atomic E-state index is 12.3. The van der Waals surface area contributed by atoms with Crippen LogP contribution in [0.1, 0.15) is 17.3 Å². The van der Waals surface area contributed by atoms with Crippen molar-refractivity contribution in [2.24, 2.45) is 0 Å². The van der Waals surface area contributed by atoms with Crippen LogP contribution in [0.15, 0.2) is 22.7 Å². The summed E-state index contributed by atoms with van der Waals surface area (Å²) in [5.41, 5.74) is 0.603. The molecule has 1 unspecified atom stereocenters. The number of urea groups is 1. The Labute approximate surface area is 131 Å². The Morgan fingerprint density at radius 2 is 2.10 bits per heavy atom. The van der Waals surface area contributed by atoms with Crippen LogP contribution in [0.4, 0.5) is 10.5 Å². The smallest absolute Gasteiger partial charge is 0.335 e. The molecular weight excluding hydrogens is 338 g/mol. The first-order valence-corrected chi connectivity index (χ1v) is 7.47. The zero-order valence-electron chi connectivity index (χ0n) is 12.0. The lowest BCUT2D eigenvalue weighted by Crippen LogP contribution is -2.54. The van der Waals surface area contributed by atoms with Gasteiger partial charge < -0.3 is 20.2 Å². The lowest BCUT2D eigenvalue weighted by Gasteiger charge is -2.38. The predicted octanol–water partition coefficient (Wildman–Crippen LogP) is 2.32. The van der Waals surface area contributed by atoms with E-state index in [1.165, 1.54) is 12.1 Å². The lowest BCUT2D eigenvalue weighted by molar-refractivity contribution is 0.0696. The van der Waals surface area contributed by atoms with Gasteiger partial charge >= 0.3 is 12.0 Å². The summed E-state index contributed by atoms with van der Waals surface area (Å²) >= 11 is 3.32. The number of benzene rings is 1. The standard InChI is InChI=1S/C14H18BrN3O3/c1-9-8-17(2)5-6-18(9)14(21)16-12-7-10(13(19)20)3-4-11(12)15/h3-4,7,9H,5-6,8H2,1-2H3,(H,16,21)(H,19,20). The van der Waals surface area contributed by atoms with Gasteiger partial charge in [-0.2, -0.15) is 0 Å². The van der Waals surface area contributed by atoms with Crippen LogP contribution in [0.25, 0.3) is 0 Å². The first-order valence-electron chi connectivity index (χ1n) is 6.67. The van der Waals surface area contributed by atoms with E-state index >= 15 is 0 Å². The molecule has 0 bridgehead atoms. The number of hydrogen-bond donors (Lipinski definition) is 2.